The molecule has 0 aliphatic rings. The smallest absolute Gasteiger partial charge is 0.185 e. The Kier molecular flexibility index (Phi) is 8.60. The highest BCUT2D eigenvalue weighted by Gasteiger charge is 2.15. The van der Waals surface area contributed by atoms with Gasteiger partial charge in [-0.1, -0.05) is 140 Å². The van der Waals surface area contributed by atoms with E-state index in [1.165, 1.54) is 0 Å². The van der Waals surface area contributed by atoms with E-state index in [2.05, 4.69) is 89.5 Å². The lowest BCUT2D eigenvalue weighted by atomic mass is 9.98. The fraction of sp³-hybridized carbons (Fsp3) is 0. The number of aromatic nitrogens is 1. The van der Waals surface area contributed by atoms with Gasteiger partial charge in [-0.25, -0.2) is 0 Å². The fourth-order valence-corrected chi connectivity index (χ4v) is 6.62. The average molecular weight is 656 g/mol. The monoisotopic (exact) mass is 655 g/mol. The van der Waals surface area contributed by atoms with Crippen molar-refractivity contribution in [1.29, 1.82) is 0 Å². The van der Waals surface area contributed by atoms with Gasteiger partial charge in [-0.05, 0) is 94.1 Å². The highest BCUT2D eigenvalue weighted by molar-refractivity contribution is 6.12. The van der Waals surface area contributed by atoms with Gasteiger partial charge in [0.05, 0.1) is 11.0 Å². The highest BCUT2D eigenvalue weighted by Crippen LogP contribution is 2.37. The van der Waals surface area contributed by atoms with Crippen molar-refractivity contribution >= 4 is 45.5 Å². The lowest BCUT2D eigenvalue weighted by Crippen LogP contribution is -1.93. The summed E-state index contributed by atoms with van der Waals surface area (Å²) in [5.74, 6) is -0.0386. The number of fused-ring (bicyclic) bond motifs is 3. The maximum Gasteiger partial charge on any atom is 0.185 e. The summed E-state index contributed by atoms with van der Waals surface area (Å²) in [6.07, 6.45) is 7.04. The first-order valence-electron chi connectivity index (χ1n) is 17.0. The van der Waals surface area contributed by atoms with Gasteiger partial charge in [0.2, 0.25) is 0 Å². The number of carbonyl (C=O) groups excluding carboxylic acids is 2. The quantitative estimate of drug-likeness (QED) is 0.115. The fourth-order valence-electron chi connectivity index (χ4n) is 6.62. The van der Waals surface area contributed by atoms with Gasteiger partial charge in [-0.15, -0.1) is 0 Å². The van der Waals surface area contributed by atoms with Crippen LogP contribution in [0.5, 0.6) is 0 Å². The topological polar surface area (TPSA) is 39.1 Å². The molecule has 7 aromatic carbocycles. The largest absolute Gasteiger partial charge is 0.309 e. The molecule has 0 aliphatic carbocycles. The molecule has 0 saturated heterocycles. The van der Waals surface area contributed by atoms with Gasteiger partial charge in [-0.3, -0.25) is 9.59 Å². The van der Waals surface area contributed by atoms with E-state index in [0.29, 0.717) is 11.1 Å². The number of hydrogen-bond acceptors (Lipinski definition) is 2. The first-order chi connectivity index (χ1) is 25.1. The van der Waals surface area contributed by atoms with Crippen molar-refractivity contribution in [3.05, 3.63) is 210 Å². The standard InChI is InChI=1S/C48H33NO2/c50-47(36-14-4-1-5-15-36)28-22-34-12-10-18-38(30-34)40-24-26-45-43(32-40)44-33-41(25-27-46(44)49(45)42-20-8-3-9-21-42)39-19-11-13-35(31-39)23-29-48(51)37-16-6-2-7-17-37/h1-33H. The van der Waals surface area contributed by atoms with Crippen LogP contribution in [0.4, 0.5) is 0 Å². The van der Waals surface area contributed by atoms with Gasteiger partial charge in [0.15, 0.2) is 11.6 Å². The van der Waals surface area contributed by atoms with Gasteiger partial charge in [0.1, 0.15) is 0 Å². The number of rotatable bonds is 9. The first-order valence-corrected chi connectivity index (χ1v) is 17.0. The molecule has 0 aliphatic heterocycles. The van der Waals surface area contributed by atoms with Gasteiger partial charge in [0, 0.05) is 27.6 Å². The van der Waals surface area contributed by atoms with Gasteiger partial charge in [-0.2, -0.15) is 0 Å². The van der Waals surface area contributed by atoms with Crippen LogP contribution in [0.15, 0.2) is 188 Å². The number of benzene rings is 7. The third-order valence-corrected chi connectivity index (χ3v) is 9.19. The van der Waals surface area contributed by atoms with Gasteiger partial charge in [0.25, 0.3) is 0 Å². The van der Waals surface area contributed by atoms with Crippen molar-refractivity contribution in [1.82, 2.24) is 4.57 Å². The summed E-state index contributed by atoms with van der Waals surface area (Å²) in [6, 6.07) is 59.0. The van der Waals surface area contributed by atoms with Gasteiger partial charge < -0.3 is 4.57 Å². The van der Waals surface area contributed by atoms with E-state index in [1.54, 1.807) is 12.2 Å². The predicted molar refractivity (Wildman–Crippen MR) is 211 cm³/mol. The second-order valence-electron chi connectivity index (χ2n) is 12.5. The van der Waals surface area contributed by atoms with E-state index in [0.717, 1.165) is 60.9 Å². The Morgan fingerprint density at radius 3 is 1.25 bits per heavy atom. The molecule has 0 unspecified atom stereocenters. The molecule has 0 saturated carbocycles. The second-order valence-corrected chi connectivity index (χ2v) is 12.5. The Morgan fingerprint density at radius 1 is 0.392 bits per heavy atom. The molecule has 3 nitrogen and oxygen atoms in total. The Hall–Kier alpha value is -6.84. The summed E-state index contributed by atoms with van der Waals surface area (Å²) < 4.78 is 2.32. The minimum Gasteiger partial charge on any atom is -0.309 e. The van der Waals surface area contributed by atoms with E-state index in [1.807, 2.05) is 103 Å². The average Bonchev–Trinajstić information content (AvgIpc) is 3.53. The lowest BCUT2D eigenvalue weighted by molar-refractivity contribution is 0.103. The summed E-state index contributed by atoms with van der Waals surface area (Å²) in [4.78, 5) is 25.4. The number of carbonyl (C=O) groups is 2. The highest BCUT2D eigenvalue weighted by atomic mass is 16.1. The molecule has 0 spiro atoms. The molecule has 1 heterocycles. The van der Waals surface area contributed by atoms with Crippen LogP contribution >= 0.6 is 0 Å². The van der Waals surface area contributed by atoms with Crippen LogP contribution in [0.25, 0.3) is 61.9 Å². The Balaban J connectivity index is 1.18. The molecule has 0 amide bonds. The van der Waals surface area contributed by atoms with Crippen LogP contribution in [-0.2, 0) is 0 Å². The van der Waals surface area contributed by atoms with Crippen LogP contribution in [0.2, 0.25) is 0 Å². The maximum absolute atomic E-state index is 12.7. The molecule has 8 aromatic rings. The van der Waals surface area contributed by atoms with Crippen molar-refractivity contribution in [3.63, 3.8) is 0 Å². The molecular formula is C48H33NO2. The molecule has 1 aromatic heterocycles. The van der Waals surface area contributed by atoms with Crippen LogP contribution in [0, 0.1) is 0 Å². The second kappa shape index (κ2) is 13.9. The van der Waals surface area contributed by atoms with Crippen LogP contribution in [0.3, 0.4) is 0 Å². The van der Waals surface area contributed by atoms with Crippen molar-refractivity contribution in [3.8, 4) is 27.9 Å². The zero-order valence-electron chi connectivity index (χ0n) is 27.8. The van der Waals surface area contributed by atoms with Crippen LogP contribution < -0.4 is 0 Å². The van der Waals surface area contributed by atoms with E-state index >= 15 is 0 Å². The minimum atomic E-state index is -0.0193. The zero-order chi connectivity index (χ0) is 34.6. The normalized spacial score (nSPS) is 11.5. The number of para-hydroxylation sites is 1. The molecule has 0 N–H and O–H groups in total. The molecule has 3 heteroatoms. The molecule has 0 fully saturated rings. The number of ketones is 2. The molecule has 0 radical (unpaired) electrons. The maximum atomic E-state index is 12.7. The van der Waals surface area contributed by atoms with E-state index in [-0.39, 0.29) is 11.6 Å². The Bertz CT molecular complexity index is 2430. The van der Waals surface area contributed by atoms with Crippen molar-refractivity contribution in [2.24, 2.45) is 0 Å². The van der Waals surface area contributed by atoms with E-state index in [9.17, 15) is 9.59 Å². The summed E-state index contributed by atoms with van der Waals surface area (Å²) in [5.41, 5.74) is 11.0. The molecule has 242 valence electrons. The van der Waals surface area contributed by atoms with E-state index < -0.39 is 0 Å². The summed E-state index contributed by atoms with van der Waals surface area (Å²) in [6.45, 7) is 0. The van der Waals surface area contributed by atoms with Crippen molar-refractivity contribution in [2.75, 3.05) is 0 Å². The predicted octanol–water partition coefficient (Wildman–Crippen LogP) is 11.9. The summed E-state index contributed by atoms with van der Waals surface area (Å²) in [7, 11) is 0. The first kappa shape index (κ1) is 31.4. The van der Waals surface area contributed by atoms with Crippen LogP contribution in [0.1, 0.15) is 31.8 Å². The number of hydrogen-bond donors (Lipinski definition) is 0. The lowest BCUT2D eigenvalue weighted by Gasteiger charge is -2.09. The third kappa shape index (κ3) is 6.61. The molecule has 51 heavy (non-hydrogen) atoms. The molecule has 8 rings (SSSR count). The number of nitrogens with zero attached hydrogens (tertiary/aromatic N) is 1. The minimum absolute atomic E-state index is 0.0193. The summed E-state index contributed by atoms with van der Waals surface area (Å²) >= 11 is 0. The van der Waals surface area contributed by atoms with E-state index in [4.69, 9.17) is 0 Å². The summed E-state index contributed by atoms with van der Waals surface area (Å²) in [5, 5.41) is 2.30. The molecular weight excluding hydrogens is 623 g/mol. The number of allylic oxidation sites excluding steroid dienone is 2. The SMILES string of the molecule is O=C(C=Cc1cccc(-c2ccc3c(c2)c2cc(-c4cccc(C=CC(=O)c5ccccc5)c4)ccc2n3-c2ccccc2)c1)c1ccccc1. The van der Waals surface area contributed by atoms with Crippen LogP contribution in [-0.4, -0.2) is 16.1 Å². The van der Waals surface area contributed by atoms with Crippen molar-refractivity contribution in [2.45, 2.75) is 0 Å². The molecule has 0 bridgehead atoms. The molecule has 0 atom stereocenters. The zero-order valence-corrected chi connectivity index (χ0v) is 27.8. The van der Waals surface area contributed by atoms with Crippen molar-refractivity contribution < 1.29 is 9.59 Å². The third-order valence-electron chi connectivity index (χ3n) is 9.19. The Morgan fingerprint density at radius 2 is 0.804 bits per heavy atom. The van der Waals surface area contributed by atoms with Gasteiger partial charge >= 0.3 is 0 Å². The Labute approximate surface area is 297 Å².